The second kappa shape index (κ2) is 7.14. The quantitative estimate of drug-likeness (QED) is 0.794. The molecule has 1 aliphatic heterocycles. The molecule has 0 saturated carbocycles. The SMILES string of the molecule is C[C@@H]1CS(=O)(=O)N(c2ccc(S(=O)(=O)Nc3ccc(C(C)(C)C)cc3)cc2)C1=O. The molecule has 1 atom stereocenters. The lowest BCUT2D eigenvalue weighted by molar-refractivity contribution is -0.119. The summed E-state index contributed by atoms with van der Waals surface area (Å²) >= 11 is 0. The van der Waals surface area contributed by atoms with Gasteiger partial charge in [0.1, 0.15) is 0 Å². The predicted molar refractivity (Wildman–Crippen MR) is 113 cm³/mol. The standard InChI is InChI=1S/C20H24N2O5S2/c1-14-13-28(24,25)22(19(14)23)17-9-11-18(12-10-17)29(26,27)21-16-7-5-15(6-8-16)20(2,3)4/h5-12,14,21H,13H2,1-4H3/t14-/m1/s1. The number of sulfonamides is 2. The van der Waals surface area contributed by atoms with E-state index in [1.807, 2.05) is 12.1 Å². The van der Waals surface area contributed by atoms with Gasteiger partial charge in [0.25, 0.3) is 10.0 Å². The molecule has 1 fully saturated rings. The highest BCUT2D eigenvalue weighted by Gasteiger charge is 2.41. The molecule has 1 heterocycles. The first-order valence-corrected chi connectivity index (χ1v) is 12.2. The van der Waals surface area contributed by atoms with Crippen LogP contribution in [0.25, 0.3) is 0 Å². The average Bonchev–Trinajstić information content (AvgIpc) is 2.81. The minimum Gasteiger partial charge on any atom is -0.280 e. The highest BCUT2D eigenvalue weighted by Crippen LogP contribution is 2.29. The number of nitrogens with zero attached hydrogens (tertiary/aromatic N) is 1. The predicted octanol–water partition coefficient (Wildman–Crippen LogP) is 3.10. The van der Waals surface area contributed by atoms with Gasteiger partial charge in [-0.15, -0.1) is 0 Å². The van der Waals surface area contributed by atoms with Gasteiger partial charge in [-0.2, -0.15) is 0 Å². The number of nitrogens with one attached hydrogen (secondary N) is 1. The van der Waals surface area contributed by atoms with E-state index in [9.17, 15) is 21.6 Å². The molecule has 29 heavy (non-hydrogen) atoms. The highest BCUT2D eigenvalue weighted by atomic mass is 32.2. The number of hydrogen-bond donors (Lipinski definition) is 1. The lowest BCUT2D eigenvalue weighted by atomic mass is 9.87. The molecule has 7 nitrogen and oxygen atoms in total. The highest BCUT2D eigenvalue weighted by molar-refractivity contribution is 7.94. The summed E-state index contributed by atoms with van der Waals surface area (Å²) in [6.45, 7) is 7.76. The van der Waals surface area contributed by atoms with E-state index in [1.54, 1.807) is 19.1 Å². The largest absolute Gasteiger partial charge is 0.280 e. The fraction of sp³-hybridized carbons (Fsp3) is 0.350. The first-order valence-electron chi connectivity index (χ1n) is 9.11. The van der Waals surface area contributed by atoms with E-state index in [1.165, 1.54) is 24.3 Å². The molecule has 2 aromatic rings. The van der Waals surface area contributed by atoms with Crippen LogP contribution < -0.4 is 9.03 Å². The maximum atomic E-state index is 12.6. The van der Waals surface area contributed by atoms with Crippen LogP contribution >= 0.6 is 0 Å². The van der Waals surface area contributed by atoms with Gasteiger partial charge in [0.05, 0.1) is 22.3 Å². The van der Waals surface area contributed by atoms with Crippen LogP contribution in [0.5, 0.6) is 0 Å². The summed E-state index contributed by atoms with van der Waals surface area (Å²) in [5.74, 6) is -1.39. The van der Waals surface area contributed by atoms with Crippen LogP contribution in [-0.4, -0.2) is 28.5 Å². The van der Waals surface area contributed by atoms with Gasteiger partial charge in [-0.1, -0.05) is 39.8 Å². The summed E-state index contributed by atoms with van der Waals surface area (Å²) in [6.07, 6.45) is 0. The molecule has 0 aromatic heterocycles. The van der Waals surface area contributed by atoms with E-state index in [2.05, 4.69) is 25.5 Å². The lowest BCUT2D eigenvalue weighted by Crippen LogP contribution is -2.30. The van der Waals surface area contributed by atoms with Crippen molar-refractivity contribution in [2.45, 2.75) is 38.0 Å². The Morgan fingerprint density at radius 1 is 1.00 bits per heavy atom. The van der Waals surface area contributed by atoms with Crippen LogP contribution in [0.1, 0.15) is 33.3 Å². The van der Waals surface area contributed by atoms with E-state index in [-0.39, 0.29) is 21.8 Å². The zero-order chi connectivity index (χ0) is 21.6. The summed E-state index contributed by atoms with van der Waals surface area (Å²) in [6, 6.07) is 12.3. The average molecular weight is 437 g/mol. The molecule has 1 amide bonds. The van der Waals surface area contributed by atoms with Gasteiger partial charge in [-0.05, 0) is 47.4 Å². The van der Waals surface area contributed by atoms with Crippen LogP contribution in [-0.2, 0) is 30.3 Å². The van der Waals surface area contributed by atoms with Crippen LogP contribution in [0.15, 0.2) is 53.4 Å². The van der Waals surface area contributed by atoms with E-state index >= 15 is 0 Å². The third kappa shape index (κ3) is 4.30. The number of benzene rings is 2. The molecule has 1 N–H and O–H groups in total. The minimum absolute atomic E-state index is 0.0294. The van der Waals surface area contributed by atoms with Crippen LogP contribution in [0.2, 0.25) is 0 Å². The van der Waals surface area contributed by atoms with E-state index in [4.69, 9.17) is 0 Å². The Hall–Kier alpha value is -2.39. The monoisotopic (exact) mass is 436 g/mol. The summed E-state index contributed by atoms with van der Waals surface area (Å²) in [5.41, 5.74) is 1.59. The third-order valence-electron chi connectivity index (χ3n) is 4.75. The number of anilines is 2. The Morgan fingerprint density at radius 3 is 2.00 bits per heavy atom. The molecular weight excluding hydrogens is 412 g/mol. The normalized spacial score (nSPS) is 19.4. The zero-order valence-electron chi connectivity index (χ0n) is 16.7. The molecule has 9 heteroatoms. The van der Waals surface area contributed by atoms with Crippen molar-refractivity contribution in [3.63, 3.8) is 0 Å². The zero-order valence-corrected chi connectivity index (χ0v) is 18.3. The molecule has 0 spiro atoms. The molecule has 0 aliphatic carbocycles. The molecule has 0 unspecified atom stereocenters. The van der Waals surface area contributed by atoms with Gasteiger partial charge in [0, 0.05) is 5.69 Å². The Labute approximate surface area is 171 Å². The van der Waals surface area contributed by atoms with E-state index in [0.29, 0.717) is 5.69 Å². The van der Waals surface area contributed by atoms with Crippen molar-refractivity contribution < 1.29 is 21.6 Å². The number of amides is 1. The van der Waals surface area contributed by atoms with Crippen molar-refractivity contribution in [2.24, 2.45) is 5.92 Å². The number of hydrogen-bond acceptors (Lipinski definition) is 5. The molecule has 0 bridgehead atoms. The first-order chi connectivity index (χ1) is 13.3. The Balaban J connectivity index is 1.83. The number of carbonyl (C=O) groups is 1. The van der Waals surface area contributed by atoms with E-state index in [0.717, 1.165) is 9.87 Å². The van der Waals surface area contributed by atoms with Crippen molar-refractivity contribution >= 4 is 37.3 Å². The lowest BCUT2D eigenvalue weighted by Gasteiger charge is -2.19. The van der Waals surface area contributed by atoms with Crippen molar-refractivity contribution in [1.82, 2.24) is 0 Å². The Morgan fingerprint density at radius 2 is 1.55 bits per heavy atom. The Kier molecular flexibility index (Phi) is 5.25. The summed E-state index contributed by atoms with van der Waals surface area (Å²) < 4.78 is 52.9. The van der Waals surface area contributed by atoms with Crippen molar-refractivity contribution in [3.05, 3.63) is 54.1 Å². The summed E-state index contributed by atoms with van der Waals surface area (Å²) in [7, 11) is -7.59. The molecule has 1 aliphatic rings. The van der Waals surface area contributed by atoms with Crippen LogP contribution in [0, 0.1) is 5.92 Å². The summed E-state index contributed by atoms with van der Waals surface area (Å²) in [4.78, 5) is 12.1. The van der Waals surface area contributed by atoms with Crippen LogP contribution in [0.3, 0.4) is 0 Å². The minimum atomic E-state index is -3.86. The topological polar surface area (TPSA) is 101 Å². The van der Waals surface area contributed by atoms with E-state index < -0.39 is 31.9 Å². The van der Waals surface area contributed by atoms with Gasteiger partial charge in [-0.3, -0.25) is 9.52 Å². The molecular formula is C20H24N2O5S2. The smallest absolute Gasteiger partial charge is 0.261 e. The first kappa shape index (κ1) is 21.3. The van der Waals surface area contributed by atoms with Gasteiger partial charge in [0.2, 0.25) is 15.9 Å². The molecule has 0 radical (unpaired) electrons. The van der Waals surface area contributed by atoms with Gasteiger partial charge in [-0.25, -0.2) is 21.1 Å². The Bertz CT molecular complexity index is 1130. The van der Waals surface area contributed by atoms with Crippen LogP contribution in [0.4, 0.5) is 11.4 Å². The number of carbonyl (C=O) groups excluding carboxylic acids is 1. The maximum absolute atomic E-state index is 12.6. The molecule has 156 valence electrons. The van der Waals surface area contributed by atoms with Gasteiger partial charge >= 0.3 is 0 Å². The second-order valence-electron chi connectivity index (χ2n) is 8.21. The molecule has 3 rings (SSSR count). The fourth-order valence-electron chi connectivity index (χ4n) is 3.10. The molecule has 2 aromatic carbocycles. The molecule has 1 saturated heterocycles. The third-order valence-corrected chi connectivity index (χ3v) is 8.01. The maximum Gasteiger partial charge on any atom is 0.261 e. The number of rotatable bonds is 4. The fourth-order valence-corrected chi connectivity index (χ4v) is 5.98. The van der Waals surface area contributed by atoms with Crippen molar-refractivity contribution in [3.8, 4) is 0 Å². The van der Waals surface area contributed by atoms with Crippen molar-refractivity contribution in [1.29, 1.82) is 0 Å². The second-order valence-corrected chi connectivity index (χ2v) is 11.8. The van der Waals surface area contributed by atoms with Gasteiger partial charge in [0.15, 0.2) is 0 Å². The van der Waals surface area contributed by atoms with Crippen molar-refractivity contribution in [2.75, 3.05) is 14.8 Å². The van der Waals surface area contributed by atoms with Gasteiger partial charge < -0.3 is 0 Å². The summed E-state index contributed by atoms with van der Waals surface area (Å²) in [5, 5.41) is 0.